The van der Waals surface area contributed by atoms with Crippen LogP contribution in [0.25, 0.3) is 0 Å². The molecule has 0 saturated heterocycles. The number of amides is 1. The number of ether oxygens (including phenoxy) is 1. The van der Waals surface area contributed by atoms with Crippen molar-refractivity contribution in [3.05, 3.63) is 35.4 Å². The summed E-state index contributed by atoms with van der Waals surface area (Å²) in [5, 5.41) is 12.6. The molecule has 1 aromatic carbocycles. The van der Waals surface area contributed by atoms with E-state index in [9.17, 15) is 9.59 Å². The molecule has 0 aliphatic heterocycles. The number of hydrazone groups is 1. The molecule has 102 valence electrons. The summed E-state index contributed by atoms with van der Waals surface area (Å²) >= 11 is 0. The van der Waals surface area contributed by atoms with Crippen LogP contribution in [0.4, 0.5) is 4.79 Å². The molecule has 0 fully saturated rings. The van der Waals surface area contributed by atoms with E-state index >= 15 is 0 Å². The maximum Gasteiger partial charge on any atom is 0.428 e. The number of benzene rings is 1. The van der Waals surface area contributed by atoms with E-state index in [-0.39, 0.29) is 5.56 Å². The fourth-order valence-corrected chi connectivity index (χ4v) is 1.26. The van der Waals surface area contributed by atoms with Gasteiger partial charge in [0.1, 0.15) is 5.60 Å². The quantitative estimate of drug-likeness (QED) is 0.647. The molecule has 0 atom stereocenters. The normalized spacial score (nSPS) is 11.3. The van der Waals surface area contributed by atoms with Gasteiger partial charge in [0, 0.05) is 5.56 Å². The molecule has 0 aliphatic rings. The van der Waals surface area contributed by atoms with Crippen molar-refractivity contribution in [2.24, 2.45) is 5.10 Å². The highest BCUT2D eigenvalue weighted by Gasteiger charge is 2.15. The monoisotopic (exact) mass is 264 g/mol. The van der Waals surface area contributed by atoms with E-state index in [1.165, 1.54) is 12.3 Å². The van der Waals surface area contributed by atoms with Crippen LogP contribution in [0.3, 0.4) is 0 Å². The Labute approximate surface area is 111 Å². The van der Waals surface area contributed by atoms with Crippen LogP contribution in [-0.4, -0.2) is 29.0 Å². The summed E-state index contributed by atoms with van der Waals surface area (Å²) in [5.74, 6) is -1.06. The Balaban J connectivity index is 2.68. The van der Waals surface area contributed by atoms with Gasteiger partial charge in [-0.3, -0.25) is 0 Å². The predicted molar refractivity (Wildman–Crippen MR) is 70.4 cm³/mol. The summed E-state index contributed by atoms with van der Waals surface area (Å²) in [6, 6.07) is 6.34. The summed E-state index contributed by atoms with van der Waals surface area (Å²) in [6.07, 6.45) is 0.560. The number of carboxylic acid groups (broad SMARTS) is 1. The minimum atomic E-state index is -1.06. The van der Waals surface area contributed by atoms with Crippen LogP contribution in [0.15, 0.2) is 29.4 Å². The van der Waals surface area contributed by atoms with Crippen LogP contribution < -0.4 is 5.43 Å². The number of carbonyl (C=O) groups excluding carboxylic acids is 1. The van der Waals surface area contributed by atoms with Gasteiger partial charge in [0.2, 0.25) is 0 Å². The molecule has 1 rings (SSSR count). The van der Waals surface area contributed by atoms with Crippen molar-refractivity contribution in [1.82, 2.24) is 5.43 Å². The molecule has 2 N–H and O–H groups in total. The number of carbonyl (C=O) groups is 2. The number of hydrogen-bond donors (Lipinski definition) is 2. The first kappa shape index (κ1) is 14.7. The molecule has 0 aromatic heterocycles. The molecule has 6 heteroatoms. The molecular weight excluding hydrogens is 248 g/mol. The first-order chi connectivity index (χ1) is 8.79. The smallest absolute Gasteiger partial charge is 0.428 e. The predicted octanol–water partition coefficient (Wildman–Crippen LogP) is 2.24. The number of nitrogens with one attached hydrogen (secondary N) is 1. The standard InChI is InChI=1S/C13H16N2O4/c1-13(2,3)19-12(18)15-14-8-9-6-4-5-7-10(9)11(16)17/h4-8H,1-3H3,(H,15,18)(H,16,17). The van der Waals surface area contributed by atoms with Gasteiger partial charge in [0.25, 0.3) is 0 Å². The summed E-state index contributed by atoms with van der Waals surface area (Å²) < 4.78 is 4.97. The SMILES string of the molecule is CC(C)(C)OC(=O)NN=Cc1ccccc1C(=O)O. The topological polar surface area (TPSA) is 88.0 Å². The second-order valence-electron chi connectivity index (χ2n) is 4.76. The van der Waals surface area contributed by atoms with Gasteiger partial charge < -0.3 is 9.84 Å². The summed E-state index contributed by atoms with van der Waals surface area (Å²) in [5.41, 5.74) is 2.06. The zero-order chi connectivity index (χ0) is 14.5. The lowest BCUT2D eigenvalue weighted by molar-refractivity contribution is 0.0529. The van der Waals surface area contributed by atoms with E-state index in [2.05, 4.69) is 10.5 Å². The highest BCUT2D eigenvalue weighted by atomic mass is 16.6. The maximum absolute atomic E-state index is 11.3. The van der Waals surface area contributed by atoms with Crippen LogP contribution in [0.2, 0.25) is 0 Å². The lowest BCUT2D eigenvalue weighted by Crippen LogP contribution is -2.29. The second-order valence-corrected chi connectivity index (χ2v) is 4.76. The Morgan fingerprint density at radius 1 is 1.32 bits per heavy atom. The summed E-state index contributed by atoms with van der Waals surface area (Å²) in [7, 11) is 0. The molecule has 6 nitrogen and oxygen atoms in total. The maximum atomic E-state index is 11.3. The zero-order valence-corrected chi connectivity index (χ0v) is 11.0. The fourth-order valence-electron chi connectivity index (χ4n) is 1.26. The summed E-state index contributed by atoms with van der Waals surface area (Å²) in [4.78, 5) is 22.2. The van der Waals surface area contributed by atoms with Crippen molar-refractivity contribution in [3.8, 4) is 0 Å². The molecule has 19 heavy (non-hydrogen) atoms. The molecule has 0 unspecified atom stereocenters. The first-order valence-electron chi connectivity index (χ1n) is 5.64. The van der Waals surface area contributed by atoms with E-state index in [0.717, 1.165) is 0 Å². The van der Waals surface area contributed by atoms with Crippen molar-refractivity contribution in [1.29, 1.82) is 0 Å². The minimum absolute atomic E-state index is 0.109. The van der Waals surface area contributed by atoms with Gasteiger partial charge in [-0.25, -0.2) is 15.0 Å². The zero-order valence-electron chi connectivity index (χ0n) is 11.0. The first-order valence-corrected chi connectivity index (χ1v) is 5.64. The Morgan fingerprint density at radius 2 is 1.95 bits per heavy atom. The molecular formula is C13H16N2O4. The summed E-state index contributed by atoms with van der Waals surface area (Å²) in [6.45, 7) is 5.20. The van der Waals surface area contributed by atoms with Gasteiger partial charge in [-0.05, 0) is 26.8 Å². The molecule has 0 heterocycles. The molecule has 0 bridgehead atoms. The average Bonchev–Trinajstić information content (AvgIpc) is 2.27. The van der Waals surface area contributed by atoms with Crippen molar-refractivity contribution < 1.29 is 19.4 Å². The average molecular weight is 264 g/mol. The molecule has 1 aromatic rings. The number of aromatic carboxylic acids is 1. The van der Waals surface area contributed by atoms with Crippen LogP contribution in [-0.2, 0) is 4.74 Å². The molecule has 0 saturated carbocycles. The Bertz CT molecular complexity index is 504. The van der Waals surface area contributed by atoms with Crippen LogP contribution in [0, 0.1) is 0 Å². The van der Waals surface area contributed by atoms with E-state index in [1.807, 2.05) is 0 Å². The third kappa shape index (κ3) is 5.20. The molecule has 0 spiro atoms. The van der Waals surface area contributed by atoms with Crippen molar-refractivity contribution >= 4 is 18.3 Å². The van der Waals surface area contributed by atoms with Gasteiger partial charge >= 0.3 is 12.1 Å². The molecule has 1 amide bonds. The van der Waals surface area contributed by atoms with Crippen molar-refractivity contribution in [3.63, 3.8) is 0 Å². The molecule has 0 radical (unpaired) electrons. The van der Waals surface area contributed by atoms with E-state index in [0.29, 0.717) is 5.56 Å². The number of rotatable bonds is 3. The lowest BCUT2D eigenvalue weighted by Gasteiger charge is -2.18. The van der Waals surface area contributed by atoms with Crippen molar-refractivity contribution in [2.45, 2.75) is 26.4 Å². The highest BCUT2D eigenvalue weighted by molar-refractivity contribution is 5.98. The molecule has 0 aliphatic carbocycles. The number of nitrogens with zero attached hydrogens (tertiary/aromatic N) is 1. The Kier molecular flexibility index (Phi) is 4.63. The Morgan fingerprint density at radius 3 is 2.53 bits per heavy atom. The van der Waals surface area contributed by atoms with Crippen molar-refractivity contribution in [2.75, 3.05) is 0 Å². The number of carboxylic acids is 1. The largest absolute Gasteiger partial charge is 0.478 e. The minimum Gasteiger partial charge on any atom is -0.478 e. The third-order valence-electron chi connectivity index (χ3n) is 1.95. The van der Waals surface area contributed by atoms with E-state index < -0.39 is 17.7 Å². The van der Waals surface area contributed by atoms with E-state index in [1.54, 1.807) is 39.0 Å². The third-order valence-corrected chi connectivity index (χ3v) is 1.95. The lowest BCUT2D eigenvalue weighted by atomic mass is 10.1. The Hall–Kier alpha value is -2.37. The van der Waals surface area contributed by atoms with Gasteiger partial charge in [-0.1, -0.05) is 18.2 Å². The van der Waals surface area contributed by atoms with Crippen LogP contribution in [0.1, 0.15) is 36.7 Å². The van der Waals surface area contributed by atoms with Gasteiger partial charge in [-0.2, -0.15) is 5.10 Å². The van der Waals surface area contributed by atoms with Crippen LogP contribution in [0.5, 0.6) is 0 Å². The van der Waals surface area contributed by atoms with Gasteiger partial charge in [0.15, 0.2) is 0 Å². The number of hydrogen-bond acceptors (Lipinski definition) is 4. The second kappa shape index (κ2) is 5.99. The van der Waals surface area contributed by atoms with Crippen LogP contribution >= 0.6 is 0 Å². The highest BCUT2D eigenvalue weighted by Crippen LogP contribution is 2.07. The fraction of sp³-hybridized carbons (Fsp3) is 0.308. The van der Waals surface area contributed by atoms with Gasteiger partial charge in [0.05, 0.1) is 11.8 Å². The van der Waals surface area contributed by atoms with Gasteiger partial charge in [-0.15, -0.1) is 0 Å². The van der Waals surface area contributed by atoms with E-state index in [4.69, 9.17) is 9.84 Å².